The lowest BCUT2D eigenvalue weighted by Gasteiger charge is -2.18. The molecule has 0 aliphatic heterocycles. The third-order valence-electron chi connectivity index (χ3n) is 5.17. The van der Waals surface area contributed by atoms with Gasteiger partial charge < -0.3 is 14.0 Å². The van der Waals surface area contributed by atoms with Gasteiger partial charge in [0.15, 0.2) is 0 Å². The minimum absolute atomic E-state index is 0.0738. The topological polar surface area (TPSA) is 145 Å². The molecule has 0 amide bonds. The van der Waals surface area contributed by atoms with Gasteiger partial charge in [-0.1, -0.05) is 43.0 Å². The smallest absolute Gasteiger partial charge is 0.338 e. The molecule has 0 bridgehead atoms. The van der Waals surface area contributed by atoms with Crippen LogP contribution in [0.25, 0.3) is 16.3 Å². The molecule has 184 valence electrons. The fraction of sp³-hybridized carbons (Fsp3) is 0.200. The van der Waals surface area contributed by atoms with Gasteiger partial charge in [-0.25, -0.2) is 19.0 Å². The Morgan fingerprint density at radius 2 is 1.44 bits per heavy atom. The van der Waals surface area contributed by atoms with Crippen molar-refractivity contribution in [1.29, 1.82) is 0 Å². The molecule has 36 heavy (non-hydrogen) atoms. The normalized spacial score (nSPS) is 10.4. The molecule has 0 fully saturated rings. The summed E-state index contributed by atoms with van der Waals surface area (Å²) in [5, 5.41) is 3.23. The fourth-order valence-corrected chi connectivity index (χ4v) is 3.26. The van der Waals surface area contributed by atoms with Crippen LogP contribution in [0.4, 0.5) is 0 Å². The van der Waals surface area contributed by atoms with Crippen LogP contribution in [0, 0.1) is 5.92 Å². The van der Waals surface area contributed by atoms with Crippen molar-refractivity contribution in [3.8, 4) is 0 Å². The van der Waals surface area contributed by atoms with E-state index in [0.717, 1.165) is 6.07 Å². The second kappa shape index (κ2) is 12.5. The molecule has 11 nitrogen and oxygen atoms in total. The summed E-state index contributed by atoms with van der Waals surface area (Å²) in [6.45, 7) is 3.39. The van der Waals surface area contributed by atoms with Crippen molar-refractivity contribution in [1.82, 2.24) is 9.13 Å². The highest BCUT2D eigenvalue weighted by atomic mass is 16.5. The van der Waals surface area contributed by atoms with E-state index < -0.39 is 29.1 Å². The molecule has 0 saturated heterocycles. The first-order chi connectivity index (χ1) is 17.4. The zero-order valence-electron chi connectivity index (χ0n) is 19.2. The molecule has 0 atom stereocenters. The van der Waals surface area contributed by atoms with Crippen LogP contribution in [0.3, 0.4) is 0 Å². The first-order valence-electron chi connectivity index (χ1n) is 10.9. The van der Waals surface area contributed by atoms with Gasteiger partial charge in [-0.2, -0.15) is 0 Å². The first kappa shape index (κ1) is 25.7. The number of carbonyl (C=O) groups is 2. The third kappa shape index (κ3) is 6.81. The van der Waals surface area contributed by atoms with Crippen LogP contribution in [-0.2, 0) is 16.0 Å². The predicted molar refractivity (Wildman–Crippen MR) is 131 cm³/mol. The summed E-state index contributed by atoms with van der Waals surface area (Å²) in [5.74, 6) is -1.89. The number of hydrogen-bond acceptors (Lipinski definition) is 7. The molecule has 3 rings (SSSR count). The Morgan fingerprint density at radius 3 is 1.94 bits per heavy atom. The van der Waals surface area contributed by atoms with Crippen LogP contribution in [-0.4, -0.2) is 34.3 Å². The lowest BCUT2D eigenvalue weighted by atomic mass is 10.1. The van der Waals surface area contributed by atoms with Crippen molar-refractivity contribution in [3.05, 3.63) is 122 Å². The summed E-state index contributed by atoms with van der Waals surface area (Å²) in [6.07, 6.45) is 1.56. The third-order valence-corrected chi connectivity index (χ3v) is 5.17. The Kier molecular flexibility index (Phi) is 8.96. The zero-order valence-corrected chi connectivity index (χ0v) is 19.2. The van der Waals surface area contributed by atoms with Gasteiger partial charge in [0.25, 0.3) is 5.56 Å². The number of azide groups is 1. The van der Waals surface area contributed by atoms with E-state index in [0.29, 0.717) is 15.7 Å². The van der Waals surface area contributed by atoms with Gasteiger partial charge in [-0.15, -0.1) is 0 Å². The van der Waals surface area contributed by atoms with Crippen LogP contribution < -0.4 is 11.2 Å². The Morgan fingerprint density at radius 1 is 0.917 bits per heavy atom. The Labute approximate surface area is 205 Å². The number of hydrogen-bond donors (Lipinski definition) is 0. The van der Waals surface area contributed by atoms with Gasteiger partial charge in [0.1, 0.15) is 5.82 Å². The van der Waals surface area contributed by atoms with Gasteiger partial charge in [-0.3, -0.25) is 4.79 Å². The molecule has 0 spiro atoms. The zero-order chi connectivity index (χ0) is 25.9. The van der Waals surface area contributed by atoms with Crippen molar-refractivity contribution in [2.45, 2.75) is 13.0 Å². The lowest BCUT2D eigenvalue weighted by Crippen LogP contribution is -2.38. The lowest BCUT2D eigenvalue weighted by molar-refractivity contribution is 0.0240. The quantitative estimate of drug-likeness (QED) is 0.174. The van der Waals surface area contributed by atoms with E-state index in [2.05, 4.69) is 16.6 Å². The molecular formula is C25H23N5O6. The number of aryl methyl sites for hydroxylation is 1. The van der Waals surface area contributed by atoms with Crippen LogP contribution in [0.5, 0.6) is 0 Å². The van der Waals surface area contributed by atoms with Crippen molar-refractivity contribution in [2.75, 3.05) is 13.2 Å². The highest BCUT2D eigenvalue weighted by molar-refractivity contribution is 5.89. The number of rotatable bonds is 11. The molecule has 11 heteroatoms. The monoisotopic (exact) mass is 489 g/mol. The average Bonchev–Trinajstić information content (AvgIpc) is 2.90. The van der Waals surface area contributed by atoms with E-state index in [1.54, 1.807) is 60.7 Å². The fourth-order valence-electron chi connectivity index (χ4n) is 3.26. The van der Waals surface area contributed by atoms with Crippen LogP contribution in [0.15, 0.2) is 94.2 Å². The maximum absolute atomic E-state index is 12.7. The first-order valence-corrected chi connectivity index (χ1v) is 10.9. The number of carbonyl (C=O) groups excluding carboxylic acids is 2. The van der Waals surface area contributed by atoms with Gasteiger partial charge in [0.05, 0.1) is 24.3 Å². The number of nitrogens with zero attached hydrogens (tertiary/aromatic N) is 5. The summed E-state index contributed by atoms with van der Waals surface area (Å²) >= 11 is 0. The Hall–Kier alpha value is -4.89. The Balaban J connectivity index is 1.73. The van der Waals surface area contributed by atoms with Crippen molar-refractivity contribution in [3.63, 3.8) is 0 Å². The molecule has 0 aliphatic rings. The molecule has 0 unspecified atom stereocenters. The molecule has 0 radical (unpaired) electrons. The molecule has 0 saturated carbocycles. The molecule has 3 aromatic rings. The largest absolute Gasteiger partial charge is 0.462 e. The number of esters is 2. The summed E-state index contributed by atoms with van der Waals surface area (Å²) in [6, 6.07) is 18.0. The molecule has 1 aromatic heterocycles. The Bertz CT molecular complexity index is 1340. The minimum atomic E-state index is -0.749. The van der Waals surface area contributed by atoms with E-state index in [1.165, 1.54) is 10.8 Å². The number of benzene rings is 2. The van der Waals surface area contributed by atoms with Crippen LogP contribution in [0.1, 0.15) is 27.1 Å². The molecular weight excluding hydrogens is 466 g/mol. The van der Waals surface area contributed by atoms with E-state index in [9.17, 15) is 19.2 Å². The van der Waals surface area contributed by atoms with Gasteiger partial charge >= 0.3 is 17.6 Å². The van der Waals surface area contributed by atoms with Gasteiger partial charge in [0.2, 0.25) is 0 Å². The second-order valence-electron chi connectivity index (χ2n) is 7.65. The maximum Gasteiger partial charge on any atom is 0.338 e. The summed E-state index contributed by atoms with van der Waals surface area (Å²) in [4.78, 5) is 52.1. The van der Waals surface area contributed by atoms with E-state index >= 15 is 0 Å². The van der Waals surface area contributed by atoms with Crippen LogP contribution >= 0.6 is 0 Å². The van der Waals surface area contributed by atoms with Gasteiger partial charge in [-0.05, 0) is 41.3 Å². The molecule has 0 N–H and O–H groups in total. The minimum Gasteiger partial charge on any atom is -0.462 e. The number of aromatic nitrogens is 2. The SMILES string of the molecule is C=C(N=[N+]=[N-])n1c(=O)ccn(CCC(COC(=O)c2ccccc2)COC(=O)c2ccccc2)c1=O. The molecule has 0 aliphatic carbocycles. The predicted octanol–water partition coefficient (Wildman–Crippen LogP) is 3.47. The summed E-state index contributed by atoms with van der Waals surface area (Å²) in [5.41, 5.74) is 7.89. The van der Waals surface area contributed by atoms with Crippen molar-refractivity contribution < 1.29 is 19.1 Å². The highest BCUT2D eigenvalue weighted by Crippen LogP contribution is 2.11. The second-order valence-corrected chi connectivity index (χ2v) is 7.65. The van der Waals surface area contributed by atoms with E-state index in [1.807, 2.05) is 0 Å². The van der Waals surface area contributed by atoms with E-state index in [-0.39, 0.29) is 32.0 Å². The van der Waals surface area contributed by atoms with Gasteiger partial charge in [0, 0.05) is 29.6 Å². The summed E-state index contributed by atoms with van der Waals surface area (Å²) in [7, 11) is 0. The van der Waals surface area contributed by atoms with E-state index in [4.69, 9.17) is 15.0 Å². The molecule has 1 heterocycles. The highest BCUT2D eigenvalue weighted by Gasteiger charge is 2.18. The summed E-state index contributed by atoms with van der Waals surface area (Å²) < 4.78 is 12.7. The molecule has 2 aromatic carbocycles. The standard InChI is InChI=1S/C25H23N5O6/c1-18(27-28-26)30-22(31)13-15-29(25(30)34)14-12-19(16-35-23(32)20-8-4-2-5-9-20)17-36-24(33)21-10-6-3-7-11-21/h2-11,13,15,19H,1,12,14,16-17H2. The van der Waals surface area contributed by atoms with Crippen molar-refractivity contribution in [2.24, 2.45) is 11.0 Å². The van der Waals surface area contributed by atoms with Crippen molar-refractivity contribution >= 4 is 17.8 Å². The van der Waals surface area contributed by atoms with Crippen LogP contribution in [0.2, 0.25) is 0 Å². The number of ether oxygens (including phenoxy) is 2. The maximum atomic E-state index is 12.7. The average molecular weight is 489 g/mol.